The topological polar surface area (TPSA) is 117 Å². The smallest absolute Gasteiger partial charge is 0.281 e. The Hall–Kier alpha value is -3.89. The van der Waals surface area contributed by atoms with E-state index in [0.29, 0.717) is 41.3 Å². The molecule has 0 bridgehead atoms. The summed E-state index contributed by atoms with van der Waals surface area (Å²) >= 11 is 6.23. The van der Waals surface area contributed by atoms with Crippen LogP contribution in [0.5, 0.6) is 5.75 Å². The van der Waals surface area contributed by atoms with Gasteiger partial charge in [0.2, 0.25) is 10.0 Å². The zero-order valence-corrected chi connectivity index (χ0v) is 23.6. The number of aryl methyl sites for hydroxylation is 3. The molecule has 0 saturated heterocycles. The van der Waals surface area contributed by atoms with Gasteiger partial charge in [-0.1, -0.05) is 29.8 Å². The number of fused-ring (bicyclic) bond motifs is 1. The molecule has 0 radical (unpaired) electrons. The second-order valence-electron chi connectivity index (χ2n) is 9.36. The molecule has 3 aromatic carbocycles. The number of nitrogens with one attached hydrogen (secondary N) is 3. The third-order valence-corrected chi connectivity index (χ3v) is 8.14. The van der Waals surface area contributed by atoms with Gasteiger partial charge in [-0.05, 0) is 85.8 Å². The number of amides is 2. The first-order valence-corrected chi connectivity index (χ1v) is 14.6. The second-order valence-corrected chi connectivity index (χ2v) is 11.6. The van der Waals surface area contributed by atoms with Crippen LogP contribution < -0.4 is 14.8 Å². The van der Waals surface area contributed by atoms with Gasteiger partial charge in [0.25, 0.3) is 11.8 Å². The molecule has 4 rings (SSSR count). The van der Waals surface area contributed by atoms with Gasteiger partial charge in [-0.25, -0.2) is 17.5 Å². The molecule has 0 aliphatic rings. The van der Waals surface area contributed by atoms with Gasteiger partial charge >= 0.3 is 0 Å². The van der Waals surface area contributed by atoms with Gasteiger partial charge in [0.1, 0.15) is 17.3 Å². The highest BCUT2D eigenvalue weighted by Crippen LogP contribution is 2.27. The molecule has 4 aromatic rings. The number of halogens is 2. The van der Waals surface area contributed by atoms with Gasteiger partial charge in [-0.3, -0.25) is 9.59 Å². The van der Waals surface area contributed by atoms with E-state index in [1.807, 2.05) is 50.2 Å². The number of hydrogen-bond donors (Lipinski definition) is 3. The highest BCUT2D eigenvalue weighted by atomic mass is 35.5. The summed E-state index contributed by atoms with van der Waals surface area (Å²) in [7, 11) is -4.07. The summed E-state index contributed by atoms with van der Waals surface area (Å²) in [6.07, 6.45) is 1.04. The Labute approximate surface area is 236 Å². The highest BCUT2D eigenvalue weighted by Gasteiger charge is 2.22. The molecule has 0 spiro atoms. The minimum Gasteiger partial charge on any atom is -0.494 e. The van der Waals surface area contributed by atoms with Crippen LogP contribution in [0, 0.1) is 19.7 Å². The Morgan fingerprint density at radius 1 is 1.00 bits per heavy atom. The van der Waals surface area contributed by atoms with E-state index in [2.05, 4.69) is 15.0 Å². The molecule has 1 aromatic heterocycles. The summed E-state index contributed by atoms with van der Waals surface area (Å²) < 4.78 is 46.3. The van der Waals surface area contributed by atoms with Gasteiger partial charge < -0.3 is 15.0 Å². The third-order valence-electron chi connectivity index (χ3n) is 6.30. The summed E-state index contributed by atoms with van der Waals surface area (Å²) in [6, 6.07) is 15.9. The number of H-pyrrole nitrogens is 1. The van der Waals surface area contributed by atoms with Crippen LogP contribution in [0.4, 0.5) is 4.39 Å². The molecule has 8 nitrogen and oxygen atoms in total. The number of aromatic nitrogens is 1. The first-order chi connectivity index (χ1) is 19.0. The number of ether oxygens (including phenoxy) is 1. The fraction of sp³-hybridized carbons (Fsp3) is 0.241. The lowest BCUT2D eigenvalue weighted by Crippen LogP contribution is -2.37. The molecule has 0 unspecified atom stereocenters. The fourth-order valence-corrected chi connectivity index (χ4v) is 5.29. The lowest BCUT2D eigenvalue weighted by atomic mass is 10.1. The SMILES string of the molecule is Cc1cc(OCCCc2c(C(=O)NS(=O)(=O)CCNC(=O)c3ccc(F)cc3)[nH]c3ccccc23)cc(C)c1Cl. The maximum Gasteiger partial charge on any atom is 0.281 e. The van der Waals surface area contributed by atoms with Crippen molar-refractivity contribution in [3.8, 4) is 5.75 Å². The maximum absolute atomic E-state index is 13.1. The average Bonchev–Trinajstić information content (AvgIpc) is 3.28. The van der Waals surface area contributed by atoms with Crippen LogP contribution in [0.25, 0.3) is 10.9 Å². The molecule has 0 fully saturated rings. The number of carbonyl (C=O) groups is 2. The molecule has 0 saturated carbocycles. The second kappa shape index (κ2) is 12.5. The van der Waals surface area contributed by atoms with Crippen LogP contribution in [0.3, 0.4) is 0 Å². The number of benzene rings is 3. The number of hydrogen-bond acceptors (Lipinski definition) is 5. The predicted octanol–water partition coefficient (Wildman–Crippen LogP) is 5.08. The van der Waals surface area contributed by atoms with Gasteiger partial charge in [0.05, 0.1) is 12.4 Å². The van der Waals surface area contributed by atoms with E-state index in [0.717, 1.165) is 28.6 Å². The standard InChI is InChI=1S/C29H29ClFN3O5S/c1-18-16-22(17-19(2)26(18)30)39-14-5-7-24-23-6-3-4-8-25(23)33-27(24)29(36)34-40(37,38)15-13-32-28(35)20-9-11-21(31)12-10-20/h3-4,6,8-12,16-17,33H,5,7,13-15H2,1-2H3,(H,32,35)(H,34,36). The van der Waals surface area contributed by atoms with Gasteiger partial charge in [0, 0.05) is 28.0 Å². The molecule has 0 atom stereocenters. The van der Waals surface area contributed by atoms with Crippen LogP contribution in [0.2, 0.25) is 5.02 Å². The van der Waals surface area contributed by atoms with Crippen LogP contribution in [0.1, 0.15) is 44.0 Å². The van der Waals surface area contributed by atoms with Crippen molar-refractivity contribution in [1.29, 1.82) is 0 Å². The molecule has 3 N–H and O–H groups in total. The third kappa shape index (κ3) is 7.19. The Balaban J connectivity index is 1.38. The van der Waals surface area contributed by atoms with Crippen LogP contribution in [0.15, 0.2) is 60.7 Å². The first kappa shape index (κ1) is 29.1. The number of sulfonamides is 1. The minimum absolute atomic E-state index is 0.151. The van der Waals surface area contributed by atoms with E-state index in [4.69, 9.17) is 16.3 Å². The van der Waals surface area contributed by atoms with Crippen LogP contribution >= 0.6 is 11.6 Å². The van der Waals surface area contributed by atoms with Crippen molar-refractivity contribution in [2.75, 3.05) is 18.9 Å². The van der Waals surface area contributed by atoms with E-state index >= 15 is 0 Å². The number of rotatable bonds is 11. The molecule has 2 amide bonds. The quantitative estimate of drug-likeness (QED) is 0.212. The summed E-state index contributed by atoms with van der Waals surface area (Å²) in [5, 5.41) is 3.97. The minimum atomic E-state index is -4.07. The first-order valence-electron chi connectivity index (χ1n) is 12.6. The zero-order chi connectivity index (χ0) is 28.9. The van der Waals surface area contributed by atoms with Crippen molar-refractivity contribution in [2.45, 2.75) is 26.7 Å². The van der Waals surface area contributed by atoms with E-state index in [9.17, 15) is 22.4 Å². The van der Waals surface area contributed by atoms with Crippen LogP contribution in [-0.4, -0.2) is 44.1 Å². The number of aromatic amines is 1. The fourth-order valence-electron chi connectivity index (χ4n) is 4.33. The largest absolute Gasteiger partial charge is 0.494 e. The molecule has 1 heterocycles. The average molecular weight is 586 g/mol. The van der Waals surface area contributed by atoms with E-state index < -0.39 is 33.4 Å². The molecule has 210 valence electrons. The molecule has 0 aliphatic heterocycles. The van der Waals surface area contributed by atoms with Crippen molar-refractivity contribution < 1.29 is 27.1 Å². The van der Waals surface area contributed by atoms with E-state index in [-0.39, 0.29) is 17.8 Å². The zero-order valence-electron chi connectivity index (χ0n) is 22.0. The number of carbonyl (C=O) groups excluding carboxylic acids is 2. The van der Waals surface area contributed by atoms with Crippen molar-refractivity contribution in [1.82, 2.24) is 15.0 Å². The molecule has 0 aliphatic carbocycles. The van der Waals surface area contributed by atoms with Crippen LogP contribution in [-0.2, 0) is 16.4 Å². The molecular formula is C29H29ClFN3O5S. The number of para-hydroxylation sites is 1. The summed E-state index contributed by atoms with van der Waals surface area (Å²) in [5.74, 6) is -1.65. The van der Waals surface area contributed by atoms with Gasteiger partial charge in [-0.15, -0.1) is 0 Å². The van der Waals surface area contributed by atoms with Crippen molar-refractivity contribution >= 4 is 44.3 Å². The summed E-state index contributed by atoms with van der Waals surface area (Å²) in [5.41, 5.74) is 3.57. The van der Waals surface area contributed by atoms with Gasteiger partial charge in [0.15, 0.2) is 0 Å². The predicted molar refractivity (Wildman–Crippen MR) is 153 cm³/mol. The van der Waals surface area contributed by atoms with E-state index in [1.165, 1.54) is 12.1 Å². The Kier molecular flexibility index (Phi) is 9.11. The lowest BCUT2D eigenvalue weighted by molar-refractivity contribution is 0.0954. The molecule has 11 heteroatoms. The Morgan fingerprint density at radius 3 is 2.38 bits per heavy atom. The molecular weight excluding hydrogens is 557 g/mol. The normalized spacial score (nSPS) is 11.4. The monoisotopic (exact) mass is 585 g/mol. The molecule has 40 heavy (non-hydrogen) atoms. The van der Waals surface area contributed by atoms with Crippen molar-refractivity contribution in [3.63, 3.8) is 0 Å². The van der Waals surface area contributed by atoms with E-state index in [1.54, 1.807) is 0 Å². The Bertz CT molecular complexity index is 1630. The van der Waals surface area contributed by atoms with Gasteiger partial charge in [-0.2, -0.15) is 0 Å². The Morgan fingerprint density at radius 2 is 1.68 bits per heavy atom. The van der Waals surface area contributed by atoms with Crippen molar-refractivity contribution in [2.24, 2.45) is 0 Å². The summed E-state index contributed by atoms with van der Waals surface area (Å²) in [6.45, 7) is 3.96. The summed E-state index contributed by atoms with van der Waals surface area (Å²) in [4.78, 5) is 28.3. The van der Waals surface area contributed by atoms with Crippen molar-refractivity contribution in [3.05, 3.63) is 99.5 Å². The lowest BCUT2D eigenvalue weighted by Gasteiger charge is -2.11. The highest BCUT2D eigenvalue weighted by molar-refractivity contribution is 7.90. The maximum atomic E-state index is 13.1.